The van der Waals surface area contributed by atoms with Gasteiger partial charge in [0.2, 0.25) is 6.79 Å². The van der Waals surface area contributed by atoms with Crippen molar-refractivity contribution in [1.29, 1.82) is 0 Å². The summed E-state index contributed by atoms with van der Waals surface area (Å²) in [5.41, 5.74) is 3.87. The summed E-state index contributed by atoms with van der Waals surface area (Å²) in [4.78, 5) is 28.4. The predicted octanol–water partition coefficient (Wildman–Crippen LogP) is 5.26. The van der Waals surface area contributed by atoms with Crippen molar-refractivity contribution < 1.29 is 19.1 Å². The molecule has 2 aliphatic heterocycles. The van der Waals surface area contributed by atoms with Crippen LogP contribution in [0.2, 0.25) is 0 Å². The number of rotatable bonds is 7. The van der Waals surface area contributed by atoms with E-state index >= 15 is 0 Å². The summed E-state index contributed by atoms with van der Waals surface area (Å²) in [5.74, 6) is 1.39. The Morgan fingerprint density at radius 1 is 0.919 bits per heavy atom. The molecule has 7 heteroatoms. The van der Waals surface area contributed by atoms with Crippen LogP contribution >= 0.6 is 0 Å². The summed E-state index contributed by atoms with van der Waals surface area (Å²) in [7, 11) is 0. The first-order chi connectivity index (χ1) is 18.0. The average molecular weight is 500 g/mol. The largest absolute Gasteiger partial charge is 0.454 e. The number of ether oxygens (including phenoxy) is 2. The van der Waals surface area contributed by atoms with Gasteiger partial charge in [-0.15, -0.1) is 0 Å². The second-order valence-electron chi connectivity index (χ2n) is 10.0. The summed E-state index contributed by atoms with van der Waals surface area (Å²) in [6.45, 7) is 5.82. The predicted molar refractivity (Wildman–Crippen MR) is 145 cm³/mol. The number of nitrogens with one attached hydrogen (secondary N) is 2. The molecule has 7 nitrogen and oxygen atoms in total. The SMILES string of the molecule is CC(C)NC(=O)c1cc(NC(=O)c2ccc3c(c2)OCO3)ccc1N1CCC(Cc2ccccc2)CC1. The van der Waals surface area contributed by atoms with Gasteiger partial charge in [0.05, 0.1) is 5.56 Å². The molecule has 0 spiro atoms. The Bertz CT molecular complexity index is 1270. The first-order valence-corrected chi connectivity index (χ1v) is 12.9. The van der Waals surface area contributed by atoms with Crippen LogP contribution in [-0.4, -0.2) is 37.7 Å². The van der Waals surface area contributed by atoms with E-state index in [0.717, 1.165) is 38.0 Å². The highest BCUT2D eigenvalue weighted by molar-refractivity contribution is 6.06. The van der Waals surface area contributed by atoms with Crippen molar-refractivity contribution in [1.82, 2.24) is 5.32 Å². The quantitative estimate of drug-likeness (QED) is 0.463. The third kappa shape index (κ3) is 5.88. The molecule has 3 aromatic carbocycles. The van der Waals surface area contributed by atoms with Crippen LogP contribution in [0.3, 0.4) is 0 Å². The number of anilines is 2. The van der Waals surface area contributed by atoms with Gasteiger partial charge in [-0.3, -0.25) is 9.59 Å². The van der Waals surface area contributed by atoms with Crippen LogP contribution in [-0.2, 0) is 6.42 Å². The summed E-state index contributed by atoms with van der Waals surface area (Å²) in [6.07, 6.45) is 3.23. The Hall–Kier alpha value is -4.00. The van der Waals surface area contributed by atoms with E-state index in [2.05, 4.69) is 45.9 Å². The number of benzene rings is 3. The number of piperidine rings is 1. The highest BCUT2D eigenvalue weighted by Gasteiger charge is 2.24. The lowest BCUT2D eigenvalue weighted by Gasteiger charge is -2.35. The Morgan fingerprint density at radius 3 is 2.43 bits per heavy atom. The summed E-state index contributed by atoms with van der Waals surface area (Å²) in [6, 6.07) is 21.3. The van der Waals surface area contributed by atoms with Crippen LogP contribution in [0.15, 0.2) is 66.7 Å². The van der Waals surface area contributed by atoms with Crippen LogP contribution in [0.25, 0.3) is 0 Å². The molecule has 0 radical (unpaired) electrons. The monoisotopic (exact) mass is 499 g/mol. The second-order valence-corrected chi connectivity index (χ2v) is 10.0. The van der Waals surface area contributed by atoms with E-state index in [9.17, 15) is 9.59 Å². The normalized spacial score (nSPS) is 15.1. The van der Waals surface area contributed by atoms with Gasteiger partial charge in [-0.2, -0.15) is 0 Å². The van der Waals surface area contributed by atoms with Gasteiger partial charge < -0.3 is 25.0 Å². The molecule has 5 rings (SSSR count). The Balaban J connectivity index is 1.31. The van der Waals surface area contributed by atoms with E-state index < -0.39 is 0 Å². The van der Waals surface area contributed by atoms with Gasteiger partial charge in [-0.25, -0.2) is 0 Å². The maximum atomic E-state index is 13.2. The number of fused-ring (bicyclic) bond motifs is 1. The average Bonchev–Trinajstić information content (AvgIpc) is 3.37. The van der Waals surface area contributed by atoms with Gasteiger partial charge in [-0.05, 0) is 81.0 Å². The first-order valence-electron chi connectivity index (χ1n) is 12.9. The summed E-state index contributed by atoms with van der Waals surface area (Å²) < 4.78 is 10.7. The Labute approximate surface area is 217 Å². The van der Waals surface area contributed by atoms with E-state index in [1.165, 1.54) is 5.56 Å². The van der Waals surface area contributed by atoms with Crippen molar-refractivity contribution in [2.45, 2.75) is 39.2 Å². The van der Waals surface area contributed by atoms with Crippen molar-refractivity contribution in [2.75, 3.05) is 30.1 Å². The van der Waals surface area contributed by atoms with Crippen molar-refractivity contribution in [2.24, 2.45) is 5.92 Å². The molecule has 0 aromatic heterocycles. The van der Waals surface area contributed by atoms with Gasteiger partial charge in [0.25, 0.3) is 11.8 Å². The highest BCUT2D eigenvalue weighted by atomic mass is 16.7. The number of amides is 2. The molecule has 2 N–H and O–H groups in total. The zero-order valence-corrected chi connectivity index (χ0v) is 21.3. The minimum Gasteiger partial charge on any atom is -0.454 e. The van der Waals surface area contributed by atoms with E-state index in [4.69, 9.17) is 9.47 Å². The van der Waals surface area contributed by atoms with Crippen molar-refractivity contribution >= 4 is 23.2 Å². The molecule has 37 heavy (non-hydrogen) atoms. The van der Waals surface area contributed by atoms with Crippen LogP contribution < -0.4 is 25.0 Å². The molecule has 3 aromatic rings. The third-order valence-electron chi connectivity index (χ3n) is 6.88. The number of hydrogen-bond acceptors (Lipinski definition) is 5. The lowest BCUT2D eigenvalue weighted by atomic mass is 9.89. The zero-order valence-electron chi connectivity index (χ0n) is 21.3. The topological polar surface area (TPSA) is 79.9 Å². The first kappa shape index (κ1) is 24.7. The molecule has 0 bridgehead atoms. The molecule has 1 fully saturated rings. The minimum absolute atomic E-state index is 0.00355. The Morgan fingerprint density at radius 2 is 1.68 bits per heavy atom. The molecule has 2 heterocycles. The second kappa shape index (κ2) is 10.9. The van der Waals surface area contributed by atoms with Crippen LogP contribution in [0, 0.1) is 5.92 Å². The lowest BCUT2D eigenvalue weighted by molar-refractivity contribution is 0.0942. The van der Waals surface area contributed by atoms with Crippen LogP contribution in [0.1, 0.15) is 53.0 Å². The van der Waals surface area contributed by atoms with E-state index in [-0.39, 0.29) is 24.6 Å². The maximum absolute atomic E-state index is 13.2. The molecule has 192 valence electrons. The fourth-order valence-corrected chi connectivity index (χ4v) is 4.98. The summed E-state index contributed by atoms with van der Waals surface area (Å²) in [5, 5.41) is 5.94. The molecular formula is C30H33N3O4. The lowest BCUT2D eigenvalue weighted by Crippen LogP contribution is -2.37. The fourth-order valence-electron chi connectivity index (χ4n) is 4.98. The number of carbonyl (C=O) groups excluding carboxylic acids is 2. The van der Waals surface area contributed by atoms with Gasteiger partial charge in [0.15, 0.2) is 11.5 Å². The van der Waals surface area contributed by atoms with Crippen molar-refractivity contribution in [3.05, 3.63) is 83.4 Å². The molecular weight excluding hydrogens is 466 g/mol. The molecule has 0 aliphatic carbocycles. The summed E-state index contributed by atoms with van der Waals surface area (Å²) >= 11 is 0. The fraction of sp³-hybridized carbons (Fsp3) is 0.333. The number of hydrogen-bond donors (Lipinski definition) is 2. The van der Waals surface area contributed by atoms with Crippen molar-refractivity contribution in [3.63, 3.8) is 0 Å². The number of nitrogens with zero attached hydrogens (tertiary/aromatic N) is 1. The van der Waals surface area contributed by atoms with Crippen molar-refractivity contribution in [3.8, 4) is 11.5 Å². The van der Waals surface area contributed by atoms with E-state index in [1.54, 1.807) is 24.3 Å². The van der Waals surface area contributed by atoms with Gasteiger partial charge in [-0.1, -0.05) is 30.3 Å². The molecule has 2 aliphatic rings. The molecule has 1 saturated heterocycles. The maximum Gasteiger partial charge on any atom is 0.255 e. The number of carbonyl (C=O) groups is 2. The molecule has 0 unspecified atom stereocenters. The minimum atomic E-state index is -0.275. The molecule has 2 amide bonds. The smallest absolute Gasteiger partial charge is 0.255 e. The standard InChI is InChI=1S/C30H33N3O4/c1-20(2)31-30(35)25-18-24(32-29(34)23-8-11-27-28(17-23)37-19-36-27)9-10-26(25)33-14-12-22(13-15-33)16-21-6-4-3-5-7-21/h3-11,17-18,20,22H,12-16,19H2,1-2H3,(H,31,35)(H,32,34). The molecule has 0 atom stereocenters. The molecule has 0 saturated carbocycles. The zero-order chi connectivity index (χ0) is 25.8. The van der Waals surface area contributed by atoms with Gasteiger partial charge >= 0.3 is 0 Å². The van der Waals surface area contributed by atoms with Crippen LogP contribution in [0.4, 0.5) is 11.4 Å². The van der Waals surface area contributed by atoms with E-state index in [1.807, 2.05) is 26.0 Å². The third-order valence-corrected chi connectivity index (χ3v) is 6.88. The van der Waals surface area contributed by atoms with Gasteiger partial charge in [0, 0.05) is 36.1 Å². The Kier molecular flexibility index (Phi) is 7.30. The highest BCUT2D eigenvalue weighted by Crippen LogP contribution is 2.33. The van der Waals surface area contributed by atoms with Gasteiger partial charge in [0.1, 0.15) is 0 Å². The van der Waals surface area contributed by atoms with Crippen LogP contribution in [0.5, 0.6) is 11.5 Å². The van der Waals surface area contributed by atoms with E-state index in [0.29, 0.717) is 34.2 Å².